The van der Waals surface area contributed by atoms with E-state index in [1.807, 2.05) is 37.3 Å². The van der Waals surface area contributed by atoms with Gasteiger partial charge in [0, 0.05) is 6.54 Å². The van der Waals surface area contributed by atoms with Crippen LogP contribution in [0.15, 0.2) is 60.7 Å². The van der Waals surface area contributed by atoms with Crippen molar-refractivity contribution in [1.29, 1.82) is 0 Å². The van der Waals surface area contributed by atoms with E-state index in [0.29, 0.717) is 22.8 Å². The SMILES string of the molecule is COc1cc(CN(C(=O)COc2c(F)cccc2C(=O)O)[C@H](C)c2ccccc2)cc(OC)c1OC. The molecule has 0 aliphatic heterocycles. The fourth-order valence-electron chi connectivity index (χ4n) is 3.82. The maximum atomic E-state index is 14.3. The molecule has 1 atom stereocenters. The van der Waals surface area contributed by atoms with Gasteiger partial charge in [0.1, 0.15) is 5.56 Å². The standard InChI is InChI=1S/C27H28FNO7/c1-17(19-9-6-5-7-10-19)29(15-18-13-22(33-2)26(35-4)23(14-18)34-3)24(30)16-36-25-20(27(31)32)11-8-12-21(25)28/h5-14,17H,15-16H2,1-4H3,(H,31,32)/t17-/m1/s1. The van der Waals surface area contributed by atoms with E-state index in [9.17, 15) is 19.1 Å². The van der Waals surface area contributed by atoms with Gasteiger partial charge >= 0.3 is 5.97 Å². The number of carboxylic acids is 1. The van der Waals surface area contributed by atoms with Gasteiger partial charge in [-0.05, 0) is 42.3 Å². The van der Waals surface area contributed by atoms with Crippen LogP contribution in [-0.4, -0.2) is 49.8 Å². The zero-order valence-electron chi connectivity index (χ0n) is 20.5. The number of hydrogen-bond donors (Lipinski definition) is 1. The first-order chi connectivity index (χ1) is 17.3. The maximum absolute atomic E-state index is 14.3. The van der Waals surface area contributed by atoms with Crippen molar-refractivity contribution in [2.24, 2.45) is 0 Å². The topological polar surface area (TPSA) is 94.5 Å². The molecule has 3 rings (SSSR count). The summed E-state index contributed by atoms with van der Waals surface area (Å²) in [5.74, 6) is -1.90. The van der Waals surface area contributed by atoms with E-state index >= 15 is 0 Å². The molecular formula is C27H28FNO7. The Morgan fingerprint density at radius 1 is 0.917 bits per heavy atom. The Bertz CT molecular complexity index is 1190. The van der Waals surface area contributed by atoms with Crippen LogP contribution >= 0.6 is 0 Å². The number of amides is 1. The van der Waals surface area contributed by atoms with Crippen LogP contribution in [0.2, 0.25) is 0 Å². The predicted octanol–water partition coefficient (Wildman–Crippen LogP) is 4.72. The molecule has 0 saturated heterocycles. The molecule has 0 spiro atoms. The molecule has 0 fully saturated rings. The van der Waals surface area contributed by atoms with Crippen molar-refractivity contribution in [3.05, 3.63) is 83.2 Å². The van der Waals surface area contributed by atoms with Crippen LogP contribution in [-0.2, 0) is 11.3 Å². The number of ether oxygens (including phenoxy) is 4. The lowest BCUT2D eigenvalue weighted by atomic mass is 10.1. The molecule has 0 radical (unpaired) electrons. The predicted molar refractivity (Wildman–Crippen MR) is 130 cm³/mol. The highest BCUT2D eigenvalue weighted by Crippen LogP contribution is 2.39. The number of nitrogens with zero attached hydrogens (tertiary/aromatic N) is 1. The van der Waals surface area contributed by atoms with Gasteiger partial charge in [0.05, 0.1) is 27.4 Å². The van der Waals surface area contributed by atoms with Crippen LogP contribution in [0.5, 0.6) is 23.0 Å². The molecule has 0 saturated carbocycles. The fraction of sp³-hybridized carbons (Fsp3) is 0.259. The van der Waals surface area contributed by atoms with E-state index in [4.69, 9.17) is 18.9 Å². The summed E-state index contributed by atoms with van der Waals surface area (Å²) in [4.78, 5) is 26.4. The van der Waals surface area contributed by atoms with E-state index in [2.05, 4.69) is 0 Å². The number of carbonyl (C=O) groups is 2. The highest BCUT2D eigenvalue weighted by atomic mass is 19.1. The van der Waals surface area contributed by atoms with Crippen LogP contribution in [0.1, 0.15) is 34.5 Å². The molecule has 0 aliphatic rings. The largest absolute Gasteiger partial charge is 0.493 e. The van der Waals surface area contributed by atoms with Gasteiger partial charge in [-0.15, -0.1) is 0 Å². The third kappa shape index (κ3) is 5.86. The summed E-state index contributed by atoms with van der Waals surface area (Å²) in [5.41, 5.74) is 1.20. The van der Waals surface area contributed by atoms with Gasteiger partial charge in [-0.25, -0.2) is 9.18 Å². The monoisotopic (exact) mass is 497 g/mol. The molecule has 0 heterocycles. The van der Waals surface area contributed by atoms with Crippen molar-refractivity contribution in [1.82, 2.24) is 4.90 Å². The van der Waals surface area contributed by atoms with Gasteiger partial charge in [-0.2, -0.15) is 0 Å². The quantitative estimate of drug-likeness (QED) is 0.410. The number of halogens is 1. The second kappa shape index (κ2) is 11.9. The number of carbonyl (C=O) groups excluding carboxylic acids is 1. The van der Waals surface area contributed by atoms with E-state index in [0.717, 1.165) is 11.6 Å². The number of aromatic carboxylic acids is 1. The van der Waals surface area contributed by atoms with Crippen LogP contribution in [0.4, 0.5) is 4.39 Å². The Balaban J connectivity index is 1.94. The first kappa shape index (κ1) is 26.3. The number of rotatable bonds is 11. The molecule has 0 unspecified atom stereocenters. The lowest BCUT2D eigenvalue weighted by Gasteiger charge is -2.30. The highest BCUT2D eigenvalue weighted by Gasteiger charge is 2.25. The summed E-state index contributed by atoms with van der Waals surface area (Å²) in [6.07, 6.45) is 0. The van der Waals surface area contributed by atoms with E-state index in [-0.39, 0.29) is 18.2 Å². The Hall–Kier alpha value is -4.27. The molecule has 1 N–H and O–H groups in total. The maximum Gasteiger partial charge on any atom is 0.339 e. The number of methoxy groups -OCH3 is 3. The molecule has 36 heavy (non-hydrogen) atoms. The summed E-state index contributed by atoms with van der Waals surface area (Å²) in [7, 11) is 4.50. The minimum atomic E-state index is -1.36. The van der Waals surface area contributed by atoms with Crippen molar-refractivity contribution in [3.63, 3.8) is 0 Å². The molecule has 0 aromatic heterocycles. The number of para-hydroxylation sites is 1. The van der Waals surface area contributed by atoms with Gasteiger partial charge in [-0.3, -0.25) is 4.79 Å². The van der Waals surface area contributed by atoms with Crippen LogP contribution in [0, 0.1) is 5.82 Å². The lowest BCUT2D eigenvalue weighted by molar-refractivity contribution is -0.136. The molecule has 9 heteroatoms. The highest BCUT2D eigenvalue weighted by molar-refractivity contribution is 5.91. The van der Waals surface area contributed by atoms with Crippen LogP contribution in [0.25, 0.3) is 0 Å². The fourth-order valence-corrected chi connectivity index (χ4v) is 3.82. The second-order valence-electron chi connectivity index (χ2n) is 7.85. The van der Waals surface area contributed by atoms with Gasteiger partial charge in [0.25, 0.3) is 5.91 Å². The number of carboxylic acid groups (broad SMARTS) is 1. The molecule has 3 aromatic carbocycles. The molecular weight excluding hydrogens is 469 g/mol. The third-order valence-corrected chi connectivity index (χ3v) is 5.68. The molecule has 0 aliphatic carbocycles. The minimum Gasteiger partial charge on any atom is -0.493 e. The first-order valence-corrected chi connectivity index (χ1v) is 11.1. The molecule has 3 aromatic rings. The zero-order valence-corrected chi connectivity index (χ0v) is 20.5. The van der Waals surface area contributed by atoms with E-state index < -0.39 is 30.1 Å². The van der Waals surface area contributed by atoms with Crippen molar-refractivity contribution in [2.75, 3.05) is 27.9 Å². The lowest BCUT2D eigenvalue weighted by Crippen LogP contribution is -2.36. The number of benzene rings is 3. The second-order valence-corrected chi connectivity index (χ2v) is 7.85. The van der Waals surface area contributed by atoms with Gasteiger partial charge in [-0.1, -0.05) is 36.4 Å². The van der Waals surface area contributed by atoms with Crippen molar-refractivity contribution < 1.29 is 38.0 Å². The zero-order chi connectivity index (χ0) is 26.2. The Labute approximate surface area is 208 Å². The summed E-state index contributed by atoms with van der Waals surface area (Å²) in [6.45, 7) is 1.43. The van der Waals surface area contributed by atoms with Crippen LogP contribution < -0.4 is 18.9 Å². The van der Waals surface area contributed by atoms with Crippen molar-refractivity contribution in [2.45, 2.75) is 19.5 Å². The molecule has 190 valence electrons. The van der Waals surface area contributed by atoms with Gasteiger partial charge < -0.3 is 29.0 Å². The third-order valence-electron chi connectivity index (χ3n) is 5.68. The molecule has 1 amide bonds. The average molecular weight is 498 g/mol. The van der Waals surface area contributed by atoms with Crippen molar-refractivity contribution >= 4 is 11.9 Å². The van der Waals surface area contributed by atoms with E-state index in [1.54, 1.807) is 17.0 Å². The minimum absolute atomic E-state index is 0.137. The first-order valence-electron chi connectivity index (χ1n) is 11.1. The Morgan fingerprint density at radius 2 is 1.56 bits per heavy atom. The average Bonchev–Trinajstić information content (AvgIpc) is 2.89. The van der Waals surface area contributed by atoms with Gasteiger partial charge in [0.15, 0.2) is 29.7 Å². The summed E-state index contributed by atoms with van der Waals surface area (Å²) >= 11 is 0. The Kier molecular flexibility index (Phi) is 8.72. The number of hydrogen-bond acceptors (Lipinski definition) is 6. The Morgan fingerprint density at radius 3 is 2.11 bits per heavy atom. The normalized spacial score (nSPS) is 11.4. The molecule has 0 bridgehead atoms. The summed E-state index contributed by atoms with van der Waals surface area (Å²) in [5, 5.41) is 9.36. The summed E-state index contributed by atoms with van der Waals surface area (Å²) in [6, 6.07) is 16.0. The summed E-state index contributed by atoms with van der Waals surface area (Å²) < 4.78 is 36.0. The van der Waals surface area contributed by atoms with E-state index in [1.165, 1.54) is 33.5 Å². The smallest absolute Gasteiger partial charge is 0.339 e. The molecule has 8 nitrogen and oxygen atoms in total. The van der Waals surface area contributed by atoms with Crippen molar-refractivity contribution in [3.8, 4) is 23.0 Å². The van der Waals surface area contributed by atoms with Crippen LogP contribution in [0.3, 0.4) is 0 Å². The van der Waals surface area contributed by atoms with Gasteiger partial charge in [0.2, 0.25) is 5.75 Å².